The van der Waals surface area contributed by atoms with Gasteiger partial charge < -0.3 is 10.1 Å². The number of nitrogens with one attached hydrogen (secondary N) is 1. The van der Waals surface area contributed by atoms with Gasteiger partial charge in [0, 0.05) is 11.4 Å². The Labute approximate surface area is 185 Å². The van der Waals surface area contributed by atoms with Crippen LogP contribution in [-0.4, -0.2) is 40.4 Å². The van der Waals surface area contributed by atoms with Crippen molar-refractivity contribution in [1.82, 2.24) is 10.2 Å². The number of hydrogen-bond donors (Lipinski definition) is 1. The van der Waals surface area contributed by atoms with Crippen molar-refractivity contribution in [3.8, 4) is 0 Å². The zero-order valence-electron chi connectivity index (χ0n) is 17.7. The van der Waals surface area contributed by atoms with Crippen molar-refractivity contribution in [2.75, 3.05) is 0 Å². The second-order valence-corrected chi connectivity index (χ2v) is 8.73. The van der Waals surface area contributed by atoms with Gasteiger partial charge in [-0.25, -0.2) is 9.69 Å². The number of rotatable bonds is 4. The van der Waals surface area contributed by atoms with E-state index < -0.39 is 35.5 Å². The lowest BCUT2D eigenvalue weighted by molar-refractivity contribution is -0.128. The molecule has 4 amide bonds. The molecule has 0 saturated heterocycles. The minimum Gasteiger partial charge on any atom is -0.444 e. The van der Waals surface area contributed by atoms with Crippen molar-refractivity contribution >= 4 is 35.4 Å². The standard InChI is InChI=1S/C23H23ClN2O5/c1-13-9-10-14(17(24)11-13)12-18(25-22(30)31-23(2,3)4)21(29)26-19(27)15-7-5-6-8-16(15)20(26)28/h5-11,18H,12H2,1-4H3,(H,25,30)/t18-/m0/s1. The Kier molecular flexibility index (Phi) is 6.18. The first-order valence-corrected chi connectivity index (χ1v) is 10.1. The van der Waals surface area contributed by atoms with Crippen LogP contribution in [0.5, 0.6) is 0 Å². The molecule has 1 atom stereocenters. The number of fused-ring (bicyclic) bond motifs is 1. The largest absolute Gasteiger partial charge is 0.444 e. The molecule has 2 aromatic carbocycles. The average molecular weight is 443 g/mol. The third kappa shape index (κ3) is 4.94. The number of ether oxygens (including phenoxy) is 1. The summed E-state index contributed by atoms with van der Waals surface area (Å²) in [5.74, 6) is -2.30. The number of alkyl carbamates (subject to hydrolysis) is 1. The maximum atomic E-state index is 13.3. The number of carbonyl (C=O) groups is 4. The lowest BCUT2D eigenvalue weighted by Gasteiger charge is -2.25. The van der Waals surface area contributed by atoms with Crippen LogP contribution >= 0.6 is 11.6 Å². The molecule has 0 bridgehead atoms. The highest BCUT2D eigenvalue weighted by molar-refractivity contribution is 6.31. The first-order valence-electron chi connectivity index (χ1n) is 9.74. The zero-order valence-corrected chi connectivity index (χ0v) is 18.4. The molecule has 1 heterocycles. The number of benzene rings is 2. The van der Waals surface area contributed by atoms with Crippen molar-refractivity contribution in [1.29, 1.82) is 0 Å². The van der Waals surface area contributed by atoms with Gasteiger partial charge in [-0.2, -0.15) is 0 Å². The lowest BCUT2D eigenvalue weighted by Crippen LogP contribution is -2.52. The zero-order chi connectivity index (χ0) is 22.9. The van der Waals surface area contributed by atoms with Crippen LogP contribution in [0.3, 0.4) is 0 Å². The molecule has 1 N–H and O–H groups in total. The van der Waals surface area contributed by atoms with Gasteiger partial charge in [0.1, 0.15) is 11.6 Å². The molecule has 1 aliphatic heterocycles. The SMILES string of the molecule is Cc1ccc(C[C@H](NC(=O)OC(C)(C)C)C(=O)N2C(=O)c3ccccc3C2=O)c(Cl)c1. The van der Waals surface area contributed by atoms with Crippen molar-refractivity contribution in [3.63, 3.8) is 0 Å². The summed E-state index contributed by atoms with van der Waals surface area (Å²) < 4.78 is 5.26. The highest BCUT2D eigenvalue weighted by Crippen LogP contribution is 2.25. The minimum absolute atomic E-state index is 0.0232. The Morgan fingerprint density at radius 1 is 1.06 bits per heavy atom. The maximum absolute atomic E-state index is 13.3. The fourth-order valence-corrected chi connectivity index (χ4v) is 3.55. The number of hydrogen-bond acceptors (Lipinski definition) is 5. The van der Waals surface area contributed by atoms with Gasteiger partial charge in [-0.15, -0.1) is 0 Å². The van der Waals surface area contributed by atoms with Gasteiger partial charge in [0.2, 0.25) is 0 Å². The molecule has 0 spiro atoms. The molecule has 2 aromatic rings. The van der Waals surface area contributed by atoms with E-state index in [4.69, 9.17) is 16.3 Å². The molecule has 31 heavy (non-hydrogen) atoms. The van der Waals surface area contributed by atoms with Crippen LogP contribution in [0.1, 0.15) is 52.6 Å². The van der Waals surface area contributed by atoms with Crippen LogP contribution < -0.4 is 5.32 Å². The predicted molar refractivity (Wildman–Crippen MR) is 115 cm³/mol. The van der Waals surface area contributed by atoms with E-state index >= 15 is 0 Å². The summed E-state index contributed by atoms with van der Waals surface area (Å²) in [5.41, 5.74) is 1.00. The van der Waals surface area contributed by atoms with E-state index in [0.717, 1.165) is 5.56 Å². The molecular formula is C23H23ClN2O5. The Morgan fingerprint density at radius 3 is 2.16 bits per heavy atom. The number of carbonyl (C=O) groups excluding carboxylic acids is 4. The molecule has 3 rings (SSSR count). The predicted octanol–water partition coefficient (Wildman–Crippen LogP) is 3.91. The van der Waals surface area contributed by atoms with E-state index in [-0.39, 0.29) is 17.5 Å². The molecule has 7 nitrogen and oxygen atoms in total. The molecule has 8 heteroatoms. The van der Waals surface area contributed by atoms with E-state index in [1.165, 1.54) is 12.1 Å². The fraction of sp³-hybridized carbons (Fsp3) is 0.304. The van der Waals surface area contributed by atoms with E-state index in [2.05, 4.69) is 5.32 Å². The van der Waals surface area contributed by atoms with Crippen molar-refractivity contribution in [2.45, 2.75) is 45.8 Å². The average Bonchev–Trinajstić information content (AvgIpc) is 2.92. The Bertz CT molecular complexity index is 1040. The van der Waals surface area contributed by atoms with E-state index in [0.29, 0.717) is 15.5 Å². The molecule has 0 aromatic heterocycles. The molecule has 1 aliphatic rings. The van der Waals surface area contributed by atoms with Crippen LogP contribution in [0.25, 0.3) is 0 Å². The number of nitrogens with zero attached hydrogens (tertiary/aromatic N) is 1. The molecule has 0 fully saturated rings. The highest BCUT2D eigenvalue weighted by Gasteiger charge is 2.43. The Balaban J connectivity index is 1.91. The third-order valence-electron chi connectivity index (χ3n) is 4.64. The van der Waals surface area contributed by atoms with Crippen LogP contribution in [0, 0.1) is 6.92 Å². The number of imide groups is 3. The second-order valence-electron chi connectivity index (χ2n) is 8.33. The van der Waals surface area contributed by atoms with E-state index in [1.54, 1.807) is 45.0 Å². The topological polar surface area (TPSA) is 92.8 Å². The summed E-state index contributed by atoms with van der Waals surface area (Å²) in [6, 6.07) is 10.2. The van der Waals surface area contributed by atoms with Crippen LogP contribution in [0.4, 0.5) is 4.79 Å². The summed E-state index contributed by atoms with van der Waals surface area (Å²) in [5, 5.41) is 2.90. The monoisotopic (exact) mass is 442 g/mol. The van der Waals surface area contributed by atoms with E-state index in [1.807, 2.05) is 13.0 Å². The van der Waals surface area contributed by atoms with Crippen molar-refractivity contribution in [3.05, 3.63) is 69.7 Å². The molecule has 0 unspecified atom stereocenters. The quantitative estimate of drug-likeness (QED) is 0.725. The number of halogens is 1. The van der Waals surface area contributed by atoms with E-state index in [9.17, 15) is 19.2 Å². The Hall–Kier alpha value is -3.19. The summed E-state index contributed by atoms with van der Waals surface area (Å²) in [6.07, 6.45) is -0.865. The van der Waals surface area contributed by atoms with Gasteiger partial charge in [0.05, 0.1) is 11.1 Å². The lowest BCUT2D eigenvalue weighted by atomic mass is 10.0. The van der Waals surface area contributed by atoms with Gasteiger partial charge in [-0.1, -0.05) is 35.9 Å². The van der Waals surface area contributed by atoms with Crippen molar-refractivity contribution in [2.24, 2.45) is 0 Å². The maximum Gasteiger partial charge on any atom is 0.408 e. The number of aryl methyl sites for hydroxylation is 1. The Morgan fingerprint density at radius 2 is 1.65 bits per heavy atom. The molecule has 0 aliphatic carbocycles. The van der Waals surface area contributed by atoms with Gasteiger partial charge in [0.25, 0.3) is 17.7 Å². The van der Waals surface area contributed by atoms with Gasteiger partial charge in [0.15, 0.2) is 0 Å². The molecule has 0 radical (unpaired) electrons. The summed E-state index contributed by atoms with van der Waals surface area (Å²) in [4.78, 5) is 51.7. The smallest absolute Gasteiger partial charge is 0.408 e. The molecular weight excluding hydrogens is 420 g/mol. The fourth-order valence-electron chi connectivity index (χ4n) is 3.23. The van der Waals surface area contributed by atoms with Crippen LogP contribution in [0.15, 0.2) is 42.5 Å². The normalized spacial score (nSPS) is 14.3. The van der Waals surface area contributed by atoms with Gasteiger partial charge in [-0.05, 0) is 57.0 Å². The molecule has 162 valence electrons. The van der Waals surface area contributed by atoms with Crippen LogP contribution in [-0.2, 0) is 16.0 Å². The first kappa shape index (κ1) is 22.5. The van der Waals surface area contributed by atoms with Crippen LogP contribution in [0.2, 0.25) is 5.02 Å². The van der Waals surface area contributed by atoms with Gasteiger partial charge >= 0.3 is 6.09 Å². The summed E-state index contributed by atoms with van der Waals surface area (Å²) >= 11 is 6.31. The van der Waals surface area contributed by atoms with Crippen molar-refractivity contribution < 1.29 is 23.9 Å². The minimum atomic E-state index is -1.24. The highest BCUT2D eigenvalue weighted by atomic mass is 35.5. The second kappa shape index (κ2) is 8.51. The third-order valence-corrected chi connectivity index (χ3v) is 4.99. The molecule has 0 saturated carbocycles. The first-order chi connectivity index (χ1) is 14.5. The number of amides is 4. The summed E-state index contributed by atoms with van der Waals surface area (Å²) in [6.45, 7) is 6.93. The van der Waals surface area contributed by atoms with Gasteiger partial charge in [-0.3, -0.25) is 14.4 Å². The summed E-state index contributed by atoms with van der Waals surface area (Å²) in [7, 11) is 0.